The summed E-state index contributed by atoms with van der Waals surface area (Å²) in [5.74, 6) is 2.23. The van der Waals surface area contributed by atoms with Gasteiger partial charge in [0.2, 0.25) is 11.9 Å². The molecule has 0 bridgehead atoms. The van der Waals surface area contributed by atoms with Crippen molar-refractivity contribution in [2.24, 2.45) is 0 Å². The molecule has 2 aromatic rings. The number of aromatic nitrogens is 2. The highest BCUT2D eigenvalue weighted by Gasteiger charge is 2.14. The van der Waals surface area contributed by atoms with Gasteiger partial charge in [0.05, 0.1) is 7.11 Å². The molecule has 3 rings (SSSR count). The van der Waals surface area contributed by atoms with E-state index in [2.05, 4.69) is 25.5 Å². The van der Waals surface area contributed by atoms with E-state index in [0.29, 0.717) is 19.0 Å². The average molecular weight is 381 g/mol. The first-order chi connectivity index (χ1) is 13.6. The molecule has 7 nitrogen and oxygen atoms in total. The van der Waals surface area contributed by atoms with Gasteiger partial charge in [-0.25, -0.2) is 4.98 Å². The number of hydrogen-bond acceptors (Lipinski definition) is 6. The Morgan fingerprint density at radius 1 is 1.18 bits per heavy atom. The van der Waals surface area contributed by atoms with Crippen molar-refractivity contribution < 1.29 is 9.53 Å². The molecule has 0 unspecified atom stereocenters. The van der Waals surface area contributed by atoms with E-state index in [1.807, 2.05) is 37.3 Å². The Morgan fingerprint density at radius 2 is 1.93 bits per heavy atom. The summed E-state index contributed by atoms with van der Waals surface area (Å²) in [6.45, 7) is 5.12. The highest BCUT2D eigenvalue weighted by atomic mass is 16.5. The molecule has 0 aliphatic carbocycles. The van der Waals surface area contributed by atoms with Crippen LogP contribution in [-0.2, 0) is 4.79 Å². The number of carbonyl (C=O) groups excluding carboxylic acids is 1. The number of methoxy groups -OCH3 is 1. The first-order valence-electron chi connectivity index (χ1n) is 9.58. The van der Waals surface area contributed by atoms with Gasteiger partial charge in [-0.15, -0.1) is 0 Å². The number of amides is 1. The Balaban J connectivity index is 1.43. The van der Waals surface area contributed by atoms with Gasteiger partial charge in [-0.05, 0) is 43.5 Å². The van der Waals surface area contributed by atoms with Crippen molar-refractivity contribution in [3.63, 3.8) is 0 Å². The number of carbonyl (C=O) groups is 1. The molecule has 7 heteroatoms. The summed E-state index contributed by atoms with van der Waals surface area (Å²) in [6.07, 6.45) is 5.72. The van der Waals surface area contributed by atoms with Gasteiger partial charge in [-0.1, -0.05) is 12.1 Å². The van der Waals surface area contributed by atoms with Crippen LogP contribution >= 0.6 is 0 Å². The van der Waals surface area contributed by atoms with Crippen molar-refractivity contribution in [1.29, 1.82) is 0 Å². The number of rotatable bonds is 8. The lowest BCUT2D eigenvalue weighted by molar-refractivity contribution is -0.116. The normalized spacial score (nSPS) is 13.7. The smallest absolute Gasteiger partial charge is 0.244 e. The fourth-order valence-corrected chi connectivity index (χ4v) is 3.05. The van der Waals surface area contributed by atoms with Gasteiger partial charge in [-0.3, -0.25) is 4.79 Å². The van der Waals surface area contributed by atoms with Crippen LogP contribution in [0.25, 0.3) is 6.08 Å². The summed E-state index contributed by atoms with van der Waals surface area (Å²) in [7, 11) is 1.63. The number of benzene rings is 1. The topological polar surface area (TPSA) is 79.4 Å². The van der Waals surface area contributed by atoms with Gasteiger partial charge >= 0.3 is 0 Å². The second-order valence-corrected chi connectivity index (χ2v) is 6.71. The molecule has 148 valence electrons. The maximum atomic E-state index is 11.9. The molecule has 1 saturated heterocycles. The lowest BCUT2D eigenvalue weighted by Crippen LogP contribution is -2.27. The Morgan fingerprint density at radius 3 is 2.64 bits per heavy atom. The molecule has 1 aliphatic heterocycles. The molecule has 0 radical (unpaired) electrons. The number of hydrogen-bond donors (Lipinski definition) is 2. The largest absolute Gasteiger partial charge is 0.497 e. The average Bonchev–Trinajstić information content (AvgIpc) is 3.25. The molecule has 0 saturated carbocycles. The zero-order chi connectivity index (χ0) is 19.8. The van der Waals surface area contributed by atoms with E-state index in [1.54, 1.807) is 13.2 Å². The lowest BCUT2D eigenvalue weighted by atomic mass is 10.2. The number of nitrogens with zero attached hydrogens (tertiary/aromatic N) is 3. The molecular formula is C21H27N5O2. The fourth-order valence-electron chi connectivity index (χ4n) is 3.05. The highest BCUT2D eigenvalue weighted by Crippen LogP contribution is 2.19. The minimum Gasteiger partial charge on any atom is -0.497 e. The van der Waals surface area contributed by atoms with Gasteiger partial charge in [0.15, 0.2) is 0 Å². The van der Waals surface area contributed by atoms with Gasteiger partial charge in [0.25, 0.3) is 0 Å². The Bertz CT molecular complexity index is 814. The highest BCUT2D eigenvalue weighted by molar-refractivity contribution is 5.91. The van der Waals surface area contributed by atoms with Crippen LogP contribution in [0.3, 0.4) is 0 Å². The van der Waals surface area contributed by atoms with Crippen molar-refractivity contribution in [2.45, 2.75) is 19.8 Å². The van der Waals surface area contributed by atoms with Gasteiger partial charge in [0, 0.05) is 44.0 Å². The third-order valence-electron chi connectivity index (χ3n) is 4.52. The maximum Gasteiger partial charge on any atom is 0.244 e. The van der Waals surface area contributed by atoms with Crippen LogP contribution in [0, 0.1) is 6.92 Å². The van der Waals surface area contributed by atoms with Crippen LogP contribution in [0.4, 0.5) is 11.8 Å². The zero-order valence-corrected chi connectivity index (χ0v) is 16.4. The fraction of sp³-hybridized carbons (Fsp3) is 0.381. The van der Waals surface area contributed by atoms with Gasteiger partial charge in [-0.2, -0.15) is 4.98 Å². The zero-order valence-electron chi connectivity index (χ0n) is 16.4. The van der Waals surface area contributed by atoms with Crippen LogP contribution in [0.1, 0.15) is 24.1 Å². The van der Waals surface area contributed by atoms with Crippen LogP contribution in [0.2, 0.25) is 0 Å². The molecule has 28 heavy (non-hydrogen) atoms. The third kappa shape index (κ3) is 5.70. The molecule has 1 fully saturated rings. The number of anilines is 2. The second kappa shape index (κ2) is 9.73. The molecule has 2 heterocycles. The lowest BCUT2D eigenvalue weighted by Gasteiger charge is -2.17. The number of aryl methyl sites for hydroxylation is 1. The van der Waals surface area contributed by atoms with E-state index in [4.69, 9.17) is 4.74 Å². The molecule has 2 N–H and O–H groups in total. The van der Waals surface area contributed by atoms with E-state index in [0.717, 1.165) is 35.9 Å². The quantitative estimate of drug-likeness (QED) is 0.541. The van der Waals surface area contributed by atoms with E-state index < -0.39 is 0 Å². The summed E-state index contributed by atoms with van der Waals surface area (Å²) in [5.41, 5.74) is 1.88. The summed E-state index contributed by atoms with van der Waals surface area (Å²) in [6, 6.07) is 9.54. The van der Waals surface area contributed by atoms with E-state index in [-0.39, 0.29) is 5.91 Å². The molecular weight excluding hydrogens is 354 g/mol. The van der Waals surface area contributed by atoms with Gasteiger partial charge in [0.1, 0.15) is 11.6 Å². The molecule has 1 aliphatic rings. The second-order valence-electron chi connectivity index (χ2n) is 6.71. The minimum absolute atomic E-state index is 0.138. The molecule has 1 aromatic heterocycles. The van der Waals surface area contributed by atoms with Crippen LogP contribution in [-0.4, -0.2) is 49.2 Å². The van der Waals surface area contributed by atoms with Crippen molar-refractivity contribution in [3.05, 3.63) is 47.7 Å². The van der Waals surface area contributed by atoms with Crippen molar-refractivity contribution in [3.8, 4) is 5.75 Å². The van der Waals surface area contributed by atoms with E-state index in [9.17, 15) is 4.79 Å². The first-order valence-corrected chi connectivity index (χ1v) is 9.58. The standard InChI is InChI=1S/C21H27N5O2/c1-16-15-19(26-13-3-4-14-26)25-21(24-16)23-12-11-22-20(27)10-7-17-5-8-18(28-2)9-6-17/h5-10,15H,3-4,11-14H2,1-2H3,(H,22,27)(H,23,24,25)/b10-7+. The van der Waals surface area contributed by atoms with Crippen LogP contribution in [0.5, 0.6) is 5.75 Å². The van der Waals surface area contributed by atoms with Crippen molar-refractivity contribution in [2.75, 3.05) is 43.5 Å². The molecule has 1 aromatic carbocycles. The predicted octanol–water partition coefficient (Wildman–Crippen LogP) is 2.64. The number of nitrogens with one attached hydrogen (secondary N) is 2. The third-order valence-corrected chi connectivity index (χ3v) is 4.52. The van der Waals surface area contributed by atoms with E-state index in [1.165, 1.54) is 18.9 Å². The minimum atomic E-state index is -0.138. The first kappa shape index (κ1) is 19.7. The Hall–Kier alpha value is -3.09. The monoisotopic (exact) mass is 381 g/mol. The van der Waals surface area contributed by atoms with Crippen LogP contribution in [0.15, 0.2) is 36.4 Å². The summed E-state index contributed by atoms with van der Waals surface area (Å²) in [4.78, 5) is 23.2. The van der Waals surface area contributed by atoms with E-state index >= 15 is 0 Å². The summed E-state index contributed by atoms with van der Waals surface area (Å²) < 4.78 is 5.12. The Kier molecular flexibility index (Phi) is 6.84. The summed E-state index contributed by atoms with van der Waals surface area (Å²) in [5, 5.41) is 6.04. The molecule has 1 amide bonds. The molecule has 0 spiro atoms. The summed E-state index contributed by atoms with van der Waals surface area (Å²) >= 11 is 0. The Labute approximate surface area is 165 Å². The predicted molar refractivity (Wildman–Crippen MR) is 112 cm³/mol. The SMILES string of the molecule is COc1ccc(/C=C/C(=O)NCCNc2nc(C)cc(N3CCCC3)n2)cc1. The van der Waals surface area contributed by atoms with Crippen LogP contribution < -0.4 is 20.3 Å². The van der Waals surface area contributed by atoms with Crippen molar-refractivity contribution in [1.82, 2.24) is 15.3 Å². The number of ether oxygens (including phenoxy) is 1. The van der Waals surface area contributed by atoms with Gasteiger partial charge < -0.3 is 20.3 Å². The maximum absolute atomic E-state index is 11.9. The van der Waals surface area contributed by atoms with Crippen molar-refractivity contribution >= 4 is 23.7 Å². The molecule has 0 atom stereocenters.